The summed E-state index contributed by atoms with van der Waals surface area (Å²) in [4.78, 5) is 15.1. The fraction of sp³-hybridized carbons (Fsp3) is 0.667. The predicted molar refractivity (Wildman–Crippen MR) is 92.7 cm³/mol. The van der Waals surface area contributed by atoms with Crippen LogP contribution in [0, 0.1) is 6.92 Å². The van der Waals surface area contributed by atoms with Gasteiger partial charge in [0.15, 0.2) is 6.10 Å². The lowest BCUT2D eigenvalue weighted by atomic mass is 10.1. The van der Waals surface area contributed by atoms with E-state index in [0.717, 1.165) is 37.1 Å². The number of morpholine rings is 1. The first-order valence-electron chi connectivity index (χ1n) is 9.37. The van der Waals surface area contributed by atoms with Crippen molar-refractivity contribution in [1.82, 2.24) is 24.9 Å². The van der Waals surface area contributed by atoms with Gasteiger partial charge in [0.05, 0.1) is 30.1 Å². The minimum Gasteiger partial charge on any atom is -0.423 e. The number of aryl methyl sites for hydroxylation is 2. The molecule has 0 bridgehead atoms. The summed E-state index contributed by atoms with van der Waals surface area (Å²) in [5.41, 5.74) is 1.83. The molecule has 140 valence electrons. The van der Waals surface area contributed by atoms with E-state index < -0.39 is 0 Å². The van der Waals surface area contributed by atoms with Gasteiger partial charge in [0.25, 0.3) is 5.91 Å². The van der Waals surface area contributed by atoms with Crippen molar-refractivity contribution < 1.29 is 13.9 Å². The SMILES string of the molecule is CCCn1ncc(C(=O)N2C[C@@H](C)O[C@@H](c3nnc(C)o3)C2)c1C1CC1. The zero-order chi connectivity index (χ0) is 18.3. The summed E-state index contributed by atoms with van der Waals surface area (Å²) in [6.45, 7) is 7.63. The van der Waals surface area contributed by atoms with Crippen LogP contribution >= 0.6 is 0 Å². The molecular formula is C18H25N5O3. The quantitative estimate of drug-likeness (QED) is 0.815. The minimum absolute atomic E-state index is 0.0191. The van der Waals surface area contributed by atoms with Gasteiger partial charge in [-0.05, 0) is 26.2 Å². The number of rotatable bonds is 5. The number of ether oxygens (including phenoxy) is 1. The molecule has 1 saturated heterocycles. The van der Waals surface area contributed by atoms with E-state index in [1.54, 1.807) is 13.1 Å². The Morgan fingerprint density at radius 1 is 1.31 bits per heavy atom. The van der Waals surface area contributed by atoms with Crippen LogP contribution < -0.4 is 0 Å². The van der Waals surface area contributed by atoms with Crippen LogP contribution in [-0.4, -0.2) is 50.0 Å². The fourth-order valence-electron chi connectivity index (χ4n) is 3.60. The summed E-state index contributed by atoms with van der Waals surface area (Å²) in [5.74, 6) is 1.41. The minimum atomic E-state index is -0.390. The highest BCUT2D eigenvalue weighted by Gasteiger charge is 2.37. The van der Waals surface area contributed by atoms with Gasteiger partial charge in [-0.2, -0.15) is 5.10 Å². The van der Waals surface area contributed by atoms with E-state index in [1.165, 1.54) is 0 Å². The normalized spacial score (nSPS) is 23.4. The second-order valence-electron chi connectivity index (χ2n) is 7.25. The first kappa shape index (κ1) is 17.2. The molecule has 2 aromatic rings. The lowest BCUT2D eigenvalue weighted by molar-refractivity contribution is -0.0796. The maximum absolute atomic E-state index is 13.2. The summed E-state index contributed by atoms with van der Waals surface area (Å²) in [5, 5.41) is 12.4. The zero-order valence-corrected chi connectivity index (χ0v) is 15.5. The molecule has 8 heteroatoms. The monoisotopic (exact) mass is 359 g/mol. The zero-order valence-electron chi connectivity index (χ0n) is 15.5. The maximum atomic E-state index is 13.2. The number of amides is 1. The van der Waals surface area contributed by atoms with E-state index in [9.17, 15) is 4.79 Å². The van der Waals surface area contributed by atoms with Crippen molar-refractivity contribution in [2.75, 3.05) is 13.1 Å². The number of hydrogen-bond donors (Lipinski definition) is 0. The fourth-order valence-corrected chi connectivity index (χ4v) is 3.60. The highest BCUT2D eigenvalue weighted by molar-refractivity contribution is 5.95. The number of carbonyl (C=O) groups is 1. The van der Waals surface area contributed by atoms with Gasteiger partial charge in [0, 0.05) is 25.9 Å². The molecule has 1 saturated carbocycles. The standard InChI is InChI=1S/C18H25N5O3/c1-4-7-23-16(13-5-6-13)14(8-19-23)18(24)22-9-11(2)25-15(10-22)17-21-20-12(3)26-17/h8,11,13,15H,4-7,9-10H2,1-3H3/t11-,15-/m1/s1. The highest BCUT2D eigenvalue weighted by Crippen LogP contribution is 2.42. The number of nitrogens with zero attached hydrogens (tertiary/aromatic N) is 5. The Bertz CT molecular complexity index is 795. The van der Waals surface area contributed by atoms with Crippen molar-refractivity contribution in [3.8, 4) is 0 Å². The van der Waals surface area contributed by atoms with Crippen molar-refractivity contribution in [3.05, 3.63) is 29.2 Å². The van der Waals surface area contributed by atoms with E-state index in [4.69, 9.17) is 9.15 Å². The molecule has 0 spiro atoms. The van der Waals surface area contributed by atoms with Gasteiger partial charge in [-0.15, -0.1) is 10.2 Å². The topological polar surface area (TPSA) is 86.3 Å². The molecule has 0 unspecified atom stereocenters. The Morgan fingerprint density at radius 2 is 2.12 bits per heavy atom. The second kappa shape index (κ2) is 6.83. The van der Waals surface area contributed by atoms with Gasteiger partial charge in [-0.25, -0.2) is 0 Å². The van der Waals surface area contributed by atoms with Crippen LogP contribution in [0.25, 0.3) is 0 Å². The highest BCUT2D eigenvalue weighted by atomic mass is 16.5. The van der Waals surface area contributed by atoms with Crippen molar-refractivity contribution >= 4 is 5.91 Å². The Morgan fingerprint density at radius 3 is 2.77 bits per heavy atom. The Kier molecular flexibility index (Phi) is 4.52. The number of carbonyl (C=O) groups excluding carboxylic acids is 1. The summed E-state index contributed by atoms with van der Waals surface area (Å²) in [6, 6.07) is 0. The lowest BCUT2D eigenvalue weighted by Crippen LogP contribution is -2.46. The van der Waals surface area contributed by atoms with Gasteiger partial charge in [0.1, 0.15) is 0 Å². The molecule has 2 aromatic heterocycles. The molecule has 4 rings (SSSR count). The molecule has 26 heavy (non-hydrogen) atoms. The third kappa shape index (κ3) is 3.25. The van der Waals surface area contributed by atoms with Crippen molar-refractivity contribution in [2.24, 2.45) is 0 Å². The van der Waals surface area contributed by atoms with Crippen LogP contribution in [0.5, 0.6) is 0 Å². The van der Waals surface area contributed by atoms with Crippen LogP contribution in [0.4, 0.5) is 0 Å². The predicted octanol–water partition coefficient (Wildman–Crippen LogP) is 2.46. The van der Waals surface area contributed by atoms with Gasteiger partial charge in [-0.3, -0.25) is 9.48 Å². The van der Waals surface area contributed by atoms with Gasteiger partial charge in [0.2, 0.25) is 11.8 Å². The molecule has 0 aromatic carbocycles. The van der Waals surface area contributed by atoms with Gasteiger partial charge >= 0.3 is 0 Å². The number of aromatic nitrogens is 4. The summed E-state index contributed by atoms with van der Waals surface area (Å²) in [7, 11) is 0. The van der Waals surface area contributed by atoms with Crippen molar-refractivity contribution in [3.63, 3.8) is 0 Å². The Balaban J connectivity index is 1.57. The van der Waals surface area contributed by atoms with E-state index in [-0.39, 0.29) is 18.1 Å². The first-order valence-corrected chi connectivity index (χ1v) is 9.37. The van der Waals surface area contributed by atoms with E-state index in [2.05, 4.69) is 22.2 Å². The summed E-state index contributed by atoms with van der Waals surface area (Å²) >= 11 is 0. The number of hydrogen-bond acceptors (Lipinski definition) is 6. The Labute approximate surface area is 152 Å². The molecule has 0 N–H and O–H groups in total. The molecule has 2 atom stereocenters. The maximum Gasteiger partial charge on any atom is 0.257 e. The van der Waals surface area contributed by atoms with E-state index >= 15 is 0 Å². The third-order valence-electron chi connectivity index (χ3n) is 4.87. The average molecular weight is 359 g/mol. The van der Waals surface area contributed by atoms with Gasteiger partial charge in [-0.1, -0.05) is 6.92 Å². The molecule has 8 nitrogen and oxygen atoms in total. The van der Waals surface area contributed by atoms with E-state index in [1.807, 2.05) is 16.5 Å². The van der Waals surface area contributed by atoms with E-state index in [0.29, 0.717) is 30.8 Å². The van der Waals surface area contributed by atoms with Crippen LogP contribution in [0.2, 0.25) is 0 Å². The van der Waals surface area contributed by atoms with Crippen LogP contribution in [0.3, 0.4) is 0 Å². The van der Waals surface area contributed by atoms with Crippen molar-refractivity contribution in [1.29, 1.82) is 0 Å². The molecule has 1 amide bonds. The molecule has 0 radical (unpaired) electrons. The lowest BCUT2D eigenvalue weighted by Gasteiger charge is -2.35. The summed E-state index contributed by atoms with van der Waals surface area (Å²) < 4.78 is 13.4. The first-order chi connectivity index (χ1) is 12.6. The molecule has 2 aliphatic rings. The van der Waals surface area contributed by atoms with Crippen LogP contribution in [0.15, 0.2) is 10.6 Å². The molecule has 1 aliphatic carbocycles. The molecular weight excluding hydrogens is 334 g/mol. The molecule has 3 heterocycles. The summed E-state index contributed by atoms with van der Waals surface area (Å²) in [6.07, 6.45) is 4.52. The second-order valence-corrected chi connectivity index (χ2v) is 7.25. The van der Waals surface area contributed by atoms with Crippen molar-refractivity contribution in [2.45, 2.75) is 64.7 Å². The van der Waals surface area contributed by atoms with Gasteiger partial charge < -0.3 is 14.1 Å². The smallest absolute Gasteiger partial charge is 0.257 e. The average Bonchev–Trinajstić information content (AvgIpc) is 3.22. The molecule has 1 aliphatic heterocycles. The van der Waals surface area contributed by atoms with Crippen LogP contribution in [-0.2, 0) is 11.3 Å². The third-order valence-corrected chi connectivity index (χ3v) is 4.87. The molecule has 2 fully saturated rings. The largest absolute Gasteiger partial charge is 0.423 e. The Hall–Kier alpha value is -2.22. The van der Waals surface area contributed by atoms with Crippen LogP contribution in [0.1, 0.15) is 73.0 Å².